The molecule has 1 aromatic carbocycles. The lowest BCUT2D eigenvalue weighted by atomic mass is 10.1. The molecule has 5 heteroatoms. The fraction of sp³-hybridized carbons (Fsp3) is 0.385. The summed E-state index contributed by atoms with van der Waals surface area (Å²) in [5, 5.41) is 18.1. The van der Waals surface area contributed by atoms with Crippen molar-refractivity contribution in [1.82, 2.24) is 14.8 Å². The molecule has 4 nitrogen and oxygen atoms in total. The summed E-state index contributed by atoms with van der Waals surface area (Å²) < 4.78 is 2.00. The zero-order valence-electron chi connectivity index (χ0n) is 10.6. The molecular formula is C13H17N3OS. The van der Waals surface area contributed by atoms with Crippen LogP contribution in [0.2, 0.25) is 0 Å². The molecule has 1 aromatic heterocycles. The van der Waals surface area contributed by atoms with Gasteiger partial charge in [-0.05, 0) is 19.4 Å². The fourth-order valence-electron chi connectivity index (χ4n) is 1.70. The van der Waals surface area contributed by atoms with Crippen molar-refractivity contribution < 1.29 is 5.11 Å². The number of nitrogens with zero attached hydrogens (tertiary/aromatic N) is 3. The summed E-state index contributed by atoms with van der Waals surface area (Å²) in [6.45, 7) is 2.28. The molecule has 0 aliphatic heterocycles. The van der Waals surface area contributed by atoms with Gasteiger partial charge in [-0.1, -0.05) is 35.5 Å². The average molecular weight is 263 g/mol. The molecule has 0 amide bonds. The van der Waals surface area contributed by atoms with Gasteiger partial charge in [0.1, 0.15) is 0 Å². The van der Waals surface area contributed by atoms with Crippen molar-refractivity contribution in [3.05, 3.63) is 29.8 Å². The first-order valence-corrected chi connectivity index (χ1v) is 6.91. The predicted molar refractivity (Wildman–Crippen MR) is 73.6 cm³/mol. The zero-order valence-corrected chi connectivity index (χ0v) is 11.4. The number of hydrogen-bond donors (Lipinski definition) is 1. The third-order valence-electron chi connectivity index (χ3n) is 2.64. The lowest BCUT2D eigenvalue weighted by molar-refractivity contribution is 0.296. The Labute approximate surface area is 111 Å². The number of benzene rings is 1. The first kappa shape index (κ1) is 13.1. The molecule has 2 rings (SSSR count). The van der Waals surface area contributed by atoms with Crippen molar-refractivity contribution in [1.29, 1.82) is 0 Å². The van der Waals surface area contributed by atoms with Crippen LogP contribution < -0.4 is 0 Å². The smallest absolute Gasteiger partial charge is 0.191 e. The van der Waals surface area contributed by atoms with Crippen LogP contribution in [-0.2, 0) is 7.05 Å². The van der Waals surface area contributed by atoms with E-state index in [-0.39, 0.29) is 6.61 Å². The summed E-state index contributed by atoms with van der Waals surface area (Å²) in [6, 6.07) is 8.24. The number of aliphatic hydroxyl groups is 1. The molecule has 0 unspecified atom stereocenters. The second-order valence-electron chi connectivity index (χ2n) is 4.16. The quantitative estimate of drug-likeness (QED) is 0.664. The van der Waals surface area contributed by atoms with Gasteiger partial charge in [0.05, 0.1) is 0 Å². The van der Waals surface area contributed by atoms with E-state index in [1.165, 1.54) is 5.56 Å². The Kier molecular flexibility index (Phi) is 4.38. The topological polar surface area (TPSA) is 50.9 Å². The SMILES string of the molecule is Cc1cccc(-c2nnc(SCCCO)n2C)c1. The van der Waals surface area contributed by atoms with E-state index in [0.29, 0.717) is 0 Å². The summed E-state index contributed by atoms with van der Waals surface area (Å²) in [4.78, 5) is 0. The first-order chi connectivity index (χ1) is 8.72. The summed E-state index contributed by atoms with van der Waals surface area (Å²) in [5.74, 6) is 1.74. The van der Waals surface area contributed by atoms with Gasteiger partial charge < -0.3 is 9.67 Å². The molecule has 0 fully saturated rings. The Hall–Kier alpha value is -1.33. The van der Waals surface area contributed by atoms with Crippen LogP contribution in [0.4, 0.5) is 0 Å². The van der Waals surface area contributed by atoms with Gasteiger partial charge in [0.15, 0.2) is 11.0 Å². The Morgan fingerprint density at radius 1 is 1.33 bits per heavy atom. The fourth-order valence-corrected chi connectivity index (χ4v) is 2.54. The molecule has 0 radical (unpaired) electrons. The highest BCUT2D eigenvalue weighted by atomic mass is 32.2. The van der Waals surface area contributed by atoms with Gasteiger partial charge >= 0.3 is 0 Å². The number of aromatic nitrogens is 3. The second-order valence-corrected chi connectivity index (χ2v) is 5.22. The highest BCUT2D eigenvalue weighted by Crippen LogP contribution is 2.23. The van der Waals surface area contributed by atoms with Crippen molar-refractivity contribution in [3.63, 3.8) is 0 Å². The maximum atomic E-state index is 8.77. The number of aliphatic hydroxyl groups excluding tert-OH is 1. The molecule has 0 atom stereocenters. The molecule has 0 aliphatic rings. The molecule has 0 saturated heterocycles. The summed E-state index contributed by atoms with van der Waals surface area (Å²) in [7, 11) is 1.97. The van der Waals surface area contributed by atoms with Crippen molar-refractivity contribution in [3.8, 4) is 11.4 Å². The van der Waals surface area contributed by atoms with Gasteiger partial charge in [-0.25, -0.2) is 0 Å². The van der Waals surface area contributed by atoms with Crippen molar-refractivity contribution in [2.45, 2.75) is 18.5 Å². The van der Waals surface area contributed by atoms with Crippen LogP contribution in [0, 0.1) is 6.92 Å². The van der Waals surface area contributed by atoms with E-state index in [0.717, 1.165) is 28.7 Å². The lowest BCUT2D eigenvalue weighted by Gasteiger charge is -2.04. The lowest BCUT2D eigenvalue weighted by Crippen LogP contribution is -1.96. The van der Waals surface area contributed by atoms with Crippen LogP contribution in [0.5, 0.6) is 0 Å². The van der Waals surface area contributed by atoms with Crippen molar-refractivity contribution in [2.24, 2.45) is 7.05 Å². The minimum atomic E-state index is 0.218. The summed E-state index contributed by atoms with van der Waals surface area (Å²) >= 11 is 1.62. The van der Waals surface area contributed by atoms with Gasteiger partial charge in [0.25, 0.3) is 0 Å². The molecule has 2 aromatic rings. The standard InChI is InChI=1S/C13H17N3OS/c1-10-5-3-6-11(9-10)12-14-15-13(16(12)2)18-8-4-7-17/h3,5-6,9,17H,4,7-8H2,1-2H3. The summed E-state index contributed by atoms with van der Waals surface area (Å²) in [6.07, 6.45) is 0.775. The van der Waals surface area contributed by atoms with Crippen LogP contribution >= 0.6 is 11.8 Å². The van der Waals surface area contributed by atoms with Crippen LogP contribution in [0.15, 0.2) is 29.4 Å². The van der Waals surface area contributed by atoms with Gasteiger partial charge in [0.2, 0.25) is 0 Å². The summed E-state index contributed by atoms with van der Waals surface area (Å²) in [5.41, 5.74) is 2.30. The molecule has 18 heavy (non-hydrogen) atoms. The normalized spacial score (nSPS) is 10.8. The van der Waals surface area contributed by atoms with Crippen molar-refractivity contribution >= 4 is 11.8 Å². The molecule has 0 saturated carbocycles. The molecule has 0 bridgehead atoms. The molecular weight excluding hydrogens is 246 g/mol. The third-order valence-corrected chi connectivity index (χ3v) is 3.75. The number of aryl methyl sites for hydroxylation is 1. The van der Waals surface area contributed by atoms with Gasteiger partial charge in [0, 0.05) is 25.0 Å². The van der Waals surface area contributed by atoms with E-state index in [1.54, 1.807) is 11.8 Å². The molecule has 0 aliphatic carbocycles. The number of hydrogen-bond acceptors (Lipinski definition) is 4. The number of thioether (sulfide) groups is 1. The highest BCUT2D eigenvalue weighted by molar-refractivity contribution is 7.99. The Balaban J connectivity index is 2.20. The van der Waals surface area contributed by atoms with E-state index >= 15 is 0 Å². The van der Waals surface area contributed by atoms with Crippen LogP contribution in [-0.4, -0.2) is 32.2 Å². The first-order valence-electron chi connectivity index (χ1n) is 5.92. The van der Waals surface area contributed by atoms with E-state index in [2.05, 4.69) is 29.3 Å². The molecule has 0 spiro atoms. The van der Waals surface area contributed by atoms with E-state index in [4.69, 9.17) is 5.11 Å². The third kappa shape index (κ3) is 2.91. The van der Waals surface area contributed by atoms with E-state index < -0.39 is 0 Å². The highest BCUT2D eigenvalue weighted by Gasteiger charge is 2.10. The predicted octanol–water partition coefficient (Wildman–Crippen LogP) is 2.27. The van der Waals surface area contributed by atoms with E-state index in [9.17, 15) is 0 Å². The van der Waals surface area contributed by atoms with Crippen LogP contribution in [0.1, 0.15) is 12.0 Å². The van der Waals surface area contributed by atoms with Crippen LogP contribution in [0.3, 0.4) is 0 Å². The number of rotatable bonds is 5. The molecule has 96 valence electrons. The minimum Gasteiger partial charge on any atom is -0.396 e. The van der Waals surface area contributed by atoms with Crippen LogP contribution in [0.25, 0.3) is 11.4 Å². The van der Waals surface area contributed by atoms with Crippen molar-refractivity contribution in [2.75, 3.05) is 12.4 Å². The Morgan fingerprint density at radius 3 is 2.89 bits per heavy atom. The molecule has 1 heterocycles. The molecule has 1 N–H and O–H groups in total. The second kappa shape index (κ2) is 6.02. The minimum absolute atomic E-state index is 0.218. The Morgan fingerprint density at radius 2 is 2.17 bits per heavy atom. The maximum absolute atomic E-state index is 8.77. The van der Waals surface area contributed by atoms with Gasteiger partial charge in [-0.2, -0.15) is 0 Å². The maximum Gasteiger partial charge on any atom is 0.191 e. The van der Waals surface area contributed by atoms with Gasteiger partial charge in [-0.15, -0.1) is 10.2 Å². The largest absolute Gasteiger partial charge is 0.396 e. The average Bonchev–Trinajstić information content (AvgIpc) is 2.72. The Bertz CT molecular complexity index is 525. The monoisotopic (exact) mass is 263 g/mol. The van der Waals surface area contributed by atoms with E-state index in [1.807, 2.05) is 23.7 Å². The van der Waals surface area contributed by atoms with Gasteiger partial charge in [-0.3, -0.25) is 0 Å². The zero-order chi connectivity index (χ0) is 13.0.